The molecule has 38 heavy (non-hydrogen) atoms. The summed E-state index contributed by atoms with van der Waals surface area (Å²) in [7, 11) is 0. The van der Waals surface area contributed by atoms with Crippen molar-refractivity contribution in [3.8, 4) is 11.4 Å². The van der Waals surface area contributed by atoms with Crippen molar-refractivity contribution in [2.24, 2.45) is 0 Å². The summed E-state index contributed by atoms with van der Waals surface area (Å²) in [4.78, 5) is 28.4. The first-order chi connectivity index (χ1) is 18.1. The fraction of sp³-hybridized carbons (Fsp3) is 0.176. The standard InChI is InChI=1S/C34H25NO3/c1-16-7-6-8-19(13-16)35-32(36)30-22-14-17(2)20-11-9-18-10-12-21-24(38-34(3,4)5)15-23(31(30)33(35)37)29-27(21)25(18)26(20)28(22)29/h6-15H,1-5H3. The molecule has 0 aliphatic heterocycles. The molecule has 0 N–H and O–H groups in total. The quantitative estimate of drug-likeness (QED) is 0.231. The summed E-state index contributed by atoms with van der Waals surface area (Å²) in [5.74, 6) is 0.735. The number of ether oxygens (including phenoxy) is 1. The van der Waals surface area contributed by atoms with Crippen LogP contribution in [0.15, 0.2) is 70.3 Å². The van der Waals surface area contributed by atoms with Crippen LogP contribution in [0.4, 0.5) is 0 Å². The second-order valence-electron chi connectivity index (χ2n) is 11.7. The van der Waals surface area contributed by atoms with Gasteiger partial charge in [-0.25, -0.2) is 4.57 Å². The van der Waals surface area contributed by atoms with Gasteiger partial charge in [0.25, 0.3) is 11.1 Å². The summed E-state index contributed by atoms with van der Waals surface area (Å²) in [5, 5.41) is 11.6. The molecular weight excluding hydrogens is 470 g/mol. The number of nitrogens with zero attached hydrogens (tertiary/aromatic N) is 1. The van der Waals surface area contributed by atoms with E-state index in [9.17, 15) is 9.59 Å². The molecule has 0 atom stereocenters. The normalized spacial score (nSPS) is 13.1. The maximum Gasteiger partial charge on any atom is 0.266 e. The van der Waals surface area contributed by atoms with E-state index < -0.39 is 5.60 Å². The number of aryl methyl sites for hydroxylation is 2. The maximum absolute atomic E-state index is 14.2. The summed E-state index contributed by atoms with van der Waals surface area (Å²) in [6, 6.07) is 20.3. The van der Waals surface area contributed by atoms with Gasteiger partial charge in [0.2, 0.25) is 0 Å². The molecule has 1 aromatic heterocycles. The van der Waals surface area contributed by atoms with E-state index in [2.05, 4.69) is 37.3 Å². The number of aromatic nitrogens is 1. The first-order valence-electron chi connectivity index (χ1n) is 13.0. The molecule has 0 saturated carbocycles. The zero-order valence-corrected chi connectivity index (χ0v) is 21.9. The van der Waals surface area contributed by atoms with Crippen LogP contribution in [0.2, 0.25) is 0 Å². The topological polar surface area (TPSA) is 48.3 Å². The summed E-state index contributed by atoms with van der Waals surface area (Å²) in [5.41, 5.74) is 1.72. The second kappa shape index (κ2) is 6.70. The van der Waals surface area contributed by atoms with E-state index in [0.717, 1.165) is 54.6 Å². The molecule has 4 nitrogen and oxygen atoms in total. The minimum atomic E-state index is -0.431. The largest absolute Gasteiger partial charge is 0.487 e. The van der Waals surface area contributed by atoms with E-state index in [1.165, 1.54) is 20.7 Å². The number of benzene rings is 6. The Kier molecular flexibility index (Phi) is 3.81. The maximum atomic E-state index is 14.2. The molecule has 0 spiro atoms. The van der Waals surface area contributed by atoms with E-state index in [4.69, 9.17) is 4.74 Å². The van der Waals surface area contributed by atoms with Crippen molar-refractivity contribution in [3.63, 3.8) is 0 Å². The Bertz CT molecular complexity index is 2350. The van der Waals surface area contributed by atoms with E-state index >= 15 is 0 Å². The van der Waals surface area contributed by atoms with Gasteiger partial charge in [-0.2, -0.15) is 0 Å². The molecule has 7 aromatic carbocycles. The lowest BCUT2D eigenvalue weighted by Gasteiger charge is -2.23. The molecule has 4 heteroatoms. The van der Waals surface area contributed by atoms with Crippen LogP contribution in [0.25, 0.3) is 70.3 Å². The van der Waals surface area contributed by atoms with Crippen molar-refractivity contribution in [1.29, 1.82) is 0 Å². The highest BCUT2D eigenvalue weighted by Crippen LogP contribution is 2.52. The van der Waals surface area contributed by atoms with E-state index in [1.54, 1.807) is 0 Å². The molecule has 0 unspecified atom stereocenters. The van der Waals surface area contributed by atoms with Gasteiger partial charge < -0.3 is 4.74 Å². The summed E-state index contributed by atoms with van der Waals surface area (Å²) in [6.45, 7) is 10.1. The van der Waals surface area contributed by atoms with Crippen molar-refractivity contribution in [3.05, 3.63) is 92.5 Å². The van der Waals surface area contributed by atoms with Gasteiger partial charge in [0.15, 0.2) is 0 Å². The Morgan fingerprint density at radius 1 is 0.632 bits per heavy atom. The SMILES string of the molecule is Cc1cccc(-n2c(=O)c3c4cc(C)c5ccc6ccc7c(OC(C)(C)C)cc(c3c2=O)c2c7c6c5c42)c1. The molecule has 0 fully saturated rings. The first-order valence-corrected chi connectivity index (χ1v) is 13.0. The van der Waals surface area contributed by atoms with Gasteiger partial charge in [-0.15, -0.1) is 0 Å². The minimum absolute atomic E-state index is 0.266. The van der Waals surface area contributed by atoms with Crippen LogP contribution in [0, 0.1) is 13.8 Å². The van der Waals surface area contributed by atoms with Crippen LogP contribution in [-0.4, -0.2) is 10.2 Å². The highest BCUT2D eigenvalue weighted by atomic mass is 16.5. The van der Waals surface area contributed by atoms with Gasteiger partial charge >= 0.3 is 0 Å². The van der Waals surface area contributed by atoms with Crippen molar-refractivity contribution >= 4 is 64.6 Å². The third-order valence-corrected chi connectivity index (χ3v) is 8.10. The number of hydrogen-bond acceptors (Lipinski definition) is 3. The van der Waals surface area contributed by atoms with Gasteiger partial charge in [-0.05, 0) is 114 Å². The molecule has 8 aromatic rings. The van der Waals surface area contributed by atoms with Crippen LogP contribution >= 0.6 is 0 Å². The Hall–Kier alpha value is -4.44. The Balaban J connectivity index is 1.72. The molecule has 0 aliphatic rings. The lowest BCUT2D eigenvalue weighted by atomic mass is 9.93. The number of fused-ring (bicyclic) bond motifs is 3. The summed E-state index contributed by atoms with van der Waals surface area (Å²) in [6.07, 6.45) is 0. The van der Waals surface area contributed by atoms with Crippen LogP contribution in [0.3, 0.4) is 0 Å². The number of hydrogen-bond donors (Lipinski definition) is 0. The van der Waals surface area contributed by atoms with Gasteiger partial charge in [-0.3, -0.25) is 9.59 Å². The third kappa shape index (κ3) is 2.50. The Labute approximate surface area is 218 Å². The van der Waals surface area contributed by atoms with Crippen LogP contribution < -0.4 is 15.9 Å². The molecule has 184 valence electrons. The fourth-order valence-corrected chi connectivity index (χ4v) is 6.75. The van der Waals surface area contributed by atoms with Crippen LogP contribution in [0.1, 0.15) is 31.9 Å². The van der Waals surface area contributed by atoms with E-state index in [-0.39, 0.29) is 11.1 Å². The first kappa shape index (κ1) is 21.6. The lowest BCUT2D eigenvalue weighted by Crippen LogP contribution is -2.23. The summed E-state index contributed by atoms with van der Waals surface area (Å²) >= 11 is 0. The highest BCUT2D eigenvalue weighted by Gasteiger charge is 2.29. The molecule has 0 bridgehead atoms. The minimum Gasteiger partial charge on any atom is -0.487 e. The number of rotatable bonds is 2. The van der Waals surface area contributed by atoms with E-state index in [0.29, 0.717) is 16.5 Å². The lowest BCUT2D eigenvalue weighted by molar-refractivity contribution is 0.133. The van der Waals surface area contributed by atoms with Crippen molar-refractivity contribution in [1.82, 2.24) is 4.57 Å². The van der Waals surface area contributed by atoms with Crippen molar-refractivity contribution < 1.29 is 4.74 Å². The molecule has 0 radical (unpaired) electrons. The highest BCUT2D eigenvalue weighted by molar-refractivity contribution is 6.48. The zero-order valence-electron chi connectivity index (χ0n) is 21.9. The predicted molar refractivity (Wildman–Crippen MR) is 158 cm³/mol. The average molecular weight is 496 g/mol. The van der Waals surface area contributed by atoms with Crippen LogP contribution in [-0.2, 0) is 0 Å². The van der Waals surface area contributed by atoms with Crippen molar-refractivity contribution in [2.45, 2.75) is 40.2 Å². The fourth-order valence-electron chi connectivity index (χ4n) is 6.75. The zero-order chi connectivity index (χ0) is 26.2. The van der Waals surface area contributed by atoms with Gasteiger partial charge in [-0.1, -0.05) is 30.3 Å². The molecular formula is C34H25NO3. The Morgan fingerprint density at radius 3 is 1.89 bits per heavy atom. The molecule has 8 rings (SSSR count). The van der Waals surface area contributed by atoms with Crippen molar-refractivity contribution in [2.75, 3.05) is 0 Å². The monoisotopic (exact) mass is 495 g/mol. The van der Waals surface area contributed by atoms with Gasteiger partial charge in [0.05, 0.1) is 16.5 Å². The average Bonchev–Trinajstić information content (AvgIpc) is 3.34. The smallest absolute Gasteiger partial charge is 0.266 e. The molecule has 0 aliphatic carbocycles. The van der Waals surface area contributed by atoms with E-state index in [1.807, 2.05) is 58.0 Å². The molecule has 0 saturated heterocycles. The van der Waals surface area contributed by atoms with Gasteiger partial charge in [0, 0.05) is 16.2 Å². The third-order valence-electron chi connectivity index (χ3n) is 8.10. The summed E-state index contributed by atoms with van der Waals surface area (Å²) < 4.78 is 7.86. The predicted octanol–water partition coefficient (Wildman–Crippen LogP) is 7.66. The Morgan fingerprint density at radius 2 is 1.24 bits per heavy atom. The molecule has 1 heterocycles. The van der Waals surface area contributed by atoms with Gasteiger partial charge in [0.1, 0.15) is 11.4 Å². The second-order valence-corrected chi connectivity index (χ2v) is 11.7. The van der Waals surface area contributed by atoms with Crippen LogP contribution in [0.5, 0.6) is 5.75 Å². The molecule has 0 amide bonds.